The number of nitrogens with one attached hydrogen (secondary N) is 1. The number of ether oxygens (including phenoxy) is 3. The lowest BCUT2D eigenvalue weighted by Crippen LogP contribution is -2.16. The van der Waals surface area contributed by atoms with E-state index < -0.39 is 5.97 Å². The van der Waals surface area contributed by atoms with Crippen LogP contribution >= 0.6 is 0 Å². The van der Waals surface area contributed by atoms with Crippen LogP contribution < -0.4 is 19.5 Å². The predicted octanol–water partition coefficient (Wildman–Crippen LogP) is 2.90. The van der Waals surface area contributed by atoms with Crippen molar-refractivity contribution in [2.45, 2.75) is 13.3 Å². The van der Waals surface area contributed by atoms with Crippen LogP contribution in [0.4, 0.5) is 5.69 Å². The minimum Gasteiger partial charge on any atom is -0.493 e. The molecule has 1 amide bonds. The van der Waals surface area contributed by atoms with Gasteiger partial charge in [-0.25, -0.2) is 4.79 Å². The molecule has 0 aromatic heterocycles. The van der Waals surface area contributed by atoms with E-state index in [9.17, 15) is 9.59 Å². The van der Waals surface area contributed by atoms with E-state index in [1.54, 1.807) is 25.1 Å². The number of carbonyl (C=O) groups excluding carboxylic acids is 1. The number of benzene rings is 2. The second-order valence-corrected chi connectivity index (χ2v) is 5.59. The second kappa shape index (κ2) is 8.24. The fourth-order valence-electron chi connectivity index (χ4n) is 2.51. The Bertz CT molecular complexity index is 806. The normalized spacial score (nSPS) is 10.2. The number of hydrogen-bond donors (Lipinski definition) is 2. The highest BCUT2D eigenvalue weighted by Crippen LogP contribution is 2.38. The fraction of sp³-hybridized carbons (Fsp3) is 0.263. The molecule has 0 aliphatic carbocycles. The highest BCUT2D eigenvalue weighted by Gasteiger charge is 2.15. The molecule has 7 nitrogen and oxygen atoms in total. The Labute approximate surface area is 151 Å². The molecule has 26 heavy (non-hydrogen) atoms. The quantitative estimate of drug-likeness (QED) is 0.789. The van der Waals surface area contributed by atoms with E-state index in [1.807, 2.05) is 0 Å². The summed E-state index contributed by atoms with van der Waals surface area (Å²) in [5.74, 6) is 0.0246. The average Bonchev–Trinajstić information content (AvgIpc) is 2.62. The van der Waals surface area contributed by atoms with Gasteiger partial charge in [-0.2, -0.15) is 0 Å². The van der Waals surface area contributed by atoms with E-state index in [0.29, 0.717) is 28.5 Å². The van der Waals surface area contributed by atoms with Crippen LogP contribution in [0.15, 0.2) is 30.3 Å². The molecule has 0 unspecified atom stereocenters. The summed E-state index contributed by atoms with van der Waals surface area (Å²) in [6.07, 6.45) is 0.0629. The van der Waals surface area contributed by atoms with Crippen molar-refractivity contribution in [1.29, 1.82) is 0 Å². The summed E-state index contributed by atoms with van der Waals surface area (Å²) in [5, 5.41) is 11.8. The zero-order valence-corrected chi connectivity index (χ0v) is 15.1. The molecule has 0 heterocycles. The van der Waals surface area contributed by atoms with Gasteiger partial charge < -0.3 is 24.6 Å². The van der Waals surface area contributed by atoms with Crippen molar-refractivity contribution >= 4 is 17.6 Å². The van der Waals surface area contributed by atoms with Crippen LogP contribution in [0.25, 0.3) is 0 Å². The maximum atomic E-state index is 12.4. The second-order valence-electron chi connectivity index (χ2n) is 5.59. The SMILES string of the molecule is COc1cc(CC(=O)Nc2cc(C(=O)O)ccc2C)cc(OC)c1OC. The predicted molar refractivity (Wildman–Crippen MR) is 96.6 cm³/mol. The van der Waals surface area contributed by atoms with Gasteiger partial charge in [0.2, 0.25) is 11.7 Å². The van der Waals surface area contributed by atoms with E-state index in [2.05, 4.69) is 5.32 Å². The van der Waals surface area contributed by atoms with Crippen molar-refractivity contribution in [1.82, 2.24) is 0 Å². The Morgan fingerprint density at radius 1 is 1.00 bits per heavy atom. The van der Waals surface area contributed by atoms with E-state index in [-0.39, 0.29) is 17.9 Å². The fourth-order valence-corrected chi connectivity index (χ4v) is 2.51. The highest BCUT2D eigenvalue weighted by molar-refractivity contribution is 5.95. The first kappa shape index (κ1) is 19.1. The molecule has 2 rings (SSSR count). The Kier molecular flexibility index (Phi) is 6.06. The Morgan fingerprint density at radius 3 is 2.12 bits per heavy atom. The average molecular weight is 359 g/mol. The number of carboxylic acid groups (broad SMARTS) is 1. The molecule has 0 spiro atoms. The number of methoxy groups -OCH3 is 3. The monoisotopic (exact) mass is 359 g/mol. The van der Waals surface area contributed by atoms with E-state index in [1.165, 1.54) is 33.5 Å². The Morgan fingerprint density at radius 2 is 1.62 bits per heavy atom. The third kappa shape index (κ3) is 4.24. The van der Waals surface area contributed by atoms with Crippen molar-refractivity contribution in [3.05, 3.63) is 47.0 Å². The number of anilines is 1. The first-order valence-corrected chi connectivity index (χ1v) is 7.82. The molecule has 2 aromatic rings. The lowest BCUT2D eigenvalue weighted by molar-refractivity contribution is -0.115. The molecule has 0 radical (unpaired) electrons. The molecule has 0 saturated carbocycles. The van der Waals surface area contributed by atoms with E-state index in [4.69, 9.17) is 19.3 Å². The number of aryl methyl sites for hydroxylation is 1. The number of amides is 1. The first-order valence-electron chi connectivity index (χ1n) is 7.82. The Hall–Kier alpha value is -3.22. The van der Waals surface area contributed by atoms with Crippen LogP contribution in [-0.2, 0) is 11.2 Å². The largest absolute Gasteiger partial charge is 0.493 e. The molecule has 138 valence electrons. The molecule has 2 aromatic carbocycles. The van der Waals surface area contributed by atoms with Crippen LogP contribution in [0.3, 0.4) is 0 Å². The number of carbonyl (C=O) groups is 2. The summed E-state index contributed by atoms with van der Waals surface area (Å²) in [6, 6.07) is 7.97. The van der Waals surface area contributed by atoms with Crippen LogP contribution in [0, 0.1) is 6.92 Å². The van der Waals surface area contributed by atoms with Gasteiger partial charge in [-0.15, -0.1) is 0 Å². The number of aromatic carboxylic acids is 1. The van der Waals surface area contributed by atoms with E-state index in [0.717, 1.165) is 5.56 Å². The molecule has 0 fully saturated rings. The zero-order chi connectivity index (χ0) is 19.3. The van der Waals surface area contributed by atoms with Crippen LogP contribution in [-0.4, -0.2) is 38.3 Å². The third-order valence-electron chi connectivity index (χ3n) is 3.85. The van der Waals surface area contributed by atoms with Crippen molar-refractivity contribution in [2.24, 2.45) is 0 Å². The topological polar surface area (TPSA) is 94.1 Å². The number of hydrogen-bond acceptors (Lipinski definition) is 5. The van der Waals surface area contributed by atoms with Crippen LogP contribution in [0.5, 0.6) is 17.2 Å². The van der Waals surface area contributed by atoms with Gasteiger partial charge >= 0.3 is 5.97 Å². The molecule has 0 aliphatic heterocycles. The molecule has 0 aliphatic rings. The van der Waals surface area contributed by atoms with Crippen LogP contribution in [0.2, 0.25) is 0 Å². The van der Waals surface area contributed by atoms with E-state index >= 15 is 0 Å². The minimum atomic E-state index is -1.05. The molecule has 0 atom stereocenters. The van der Waals surface area contributed by atoms with Crippen molar-refractivity contribution in [2.75, 3.05) is 26.6 Å². The summed E-state index contributed by atoms with van der Waals surface area (Å²) in [4.78, 5) is 23.5. The summed E-state index contributed by atoms with van der Waals surface area (Å²) in [6.45, 7) is 1.79. The molecule has 0 saturated heterocycles. The molecule has 7 heteroatoms. The molecule has 0 bridgehead atoms. The lowest BCUT2D eigenvalue weighted by Gasteiger charge is -2.14. The van der Waals surface area contributed by atoms with Gasteiger partial charge in [0, 0.05) is 5.69 Å². The van der Waals surface area contributed by atoms with Gasteiger partial charge in [0.1, 0.15) is 0 Å². The highest BCUT2D eigenvalue weighted by atomic mass is 16.5. The molecule has 2 N–H and O–H groups in total. The van der Waals surface area contributed by atoms with Crippen LogP contribution in [0.1, 0.15) is 21.5 Å². The number of rotatable bonds is 7. The van der Waals surface area contributed by atoms with Gasteiger partial charge in [-0.3, -0.25) is 4.79 Å². The van der Waals surface area contributed by atoms with Gasteiger partial charge in [0.05, 0.1) is 33.3 Å². The third-order valence-corrected chi connectivity index (χ3v) is 3.85. The summed E-state index contributed by atoms with van der Waals surface area (Å²) in [7, 11) is 4.51. The number of carboxylic acids is 1. The zero-order valence-electron chi connectivity index (χ0n) is 15.1. The Balaban J connectivity index is 2.23. The summed E-state index contributed by atoms with van der Waals surface area (Å²) >= 11 is 0. The minimum absolute atomic E-state index is 0.0629. The summed E-state index contributed by atoms with van der Waals surface area (Å²) in [5.41, 5.74) is 2.01. The van der Waals surface area contributed by atoms with Gasteiger partial charge in [-0.1, -0.05) is 6.07 Å². The molecular weight excluding hydrogens is 338 g/mol. The summed E-state index contributed by atoms with van der Waals surface area (Å²) < 4.78 is 15.8. The van der Waals surface area contributed by atoms with Crippen molar-refractivity contribution in [3.8, 4) is 17.2 Å². The van der Waals surface area contributed by atoms with Crippen molar-refractivity contribution in [3.63, 3.8) is 0 Å². The lowest BCUT2D eigenvalue weighted by atomic mass is 10.1. The maximum absolute atomic E-state index is 12.4. The van der Waals surface area contributed by atoms with Crippen molar-refractivity contribution < 1.29 is 28.9 Å². The van der Waals surface area contributed by atoms with Gasteiger partial charge in [0.15, 0.2) is 11.5 Å². The first-order chi connectivity index (χ1) is 12.4. The van der Waals surface area contributed by atoms with Gasteiger partial charge in [-0.05, 0) is 42.3 Å². The smallest absolute Gasteiger partial charge is 0.335 e. The maximum Gasteiger partial charge on any atom is 0.335 e. The van der Waals surface area contributed by atoms with Gasteiger partial charge in [0.25, 0.3) is 0 Å². The standard InChI is InChI=1S/C19H21NO6/c1-11-5-6-13(19(22)23)10-14(11)20-17(21)9-12-7-15(24-2)18(26-4)16(8-12)25-3/h5-8,10H,9H2,1-4H3,(H,20,21)(H,22,23). The molecular formula is C19H21NO6.